The molecule has 0 aromatic carbocycles. The van der Waals surface area contributed by atoms with Gasteiger partial charge in [-0.25, -0.2) is 4.79 Å². The van der Waals surface area contributed by atoms with Gasteiger partial charge < -0.3 is 4.74 Å². The third kappa shape index (κ3) is 3.08. The molecule has 15 heavy (non-hydrogen) atoms. The first-order valence-corrected chi connectivity index (χ1v) is 5.86. The number of hydrogen-bond donors (Lipinski definition) is 0. The van der Waals surface area contributed by atoms with E-state index in [-0.39, 0.29) is 5.97 Å². The molecule has 0 aliphatic carbocycles. The summed E-state index contributed by atoms with van der Waals surface area (Å²) in [5.41, 5.74) is 1.56. The molecule has 0 saturated heterocycles. The molecule has 0 spiro atoms. The summed E-state index contributed by atoms with van der Waals surface area (Å²) in [5, 5.41) is 0. The van der Waals surface area contributed by atoms with Crippen LogP contribution in [0.3, 0.4) is 0 Å². The fraction of sp³-hybridized carbons (Fsp3) is 0.364. The molecule has 82 valence electrons. The largest absolute Gasteiger partial charge is 0.463 e. The molecule has 1 heterocycles. The number of halogens is 1. The summed E-state index contributed by atoms with van der Waals surface area (Å²) in [5.74, 6) is -0.264. The lowest BCUT2D eigenvalue weighted by atomic mass is 10.1. The number of rotatable bonds is 3. The van der Waals surface area contributed by atoms with E-state index >= 15 is 0 Å². The van der Waals surface area contributed by atoms with Crippen LogP contribution in [-0.2, 0) is 9.53 Å². The number of carbonyl (C=O) groups is 1. The molecule has 2 nitrogen and oxygen atoms in total. The van der Waals surface area contributed by atoms with Crippen LogP contribution in [-0.4, -0.2) is 12.6 Å². The standard InChI is InChI=1S/C11H13ClO2S/c1-4-14-11(13)8(3)7(2)9-5-6-10(12)15-9/h5-6H,4H2,1-3H3/b8-7-. The summed E-state index contributed by atoms with van der Waals surface area (Å²) >= 11 is 7.29. The molecule has 0 atom stereocenters. The van der Waals surface area contributed by atoms with E-state index in [1.165, 1.54) is 11.3 Å². The minimum Gasteiger partial charge on any atom is -0.463 e. The fourth-order valence-electron chi connectivity index (χ4n) is 1.09. The van der Waals surface area contributed by atoms with E-state index in [2.05, 4.69) is 0 Å². The normalized spacial score (nSPS) is 12.3. The van der Waals surface area contributed by atoms with Crippen LogP contribution in [0.25, 0.3) is 5.57 Å². The minimum atomic E-state index is -0.264. The maximum atomic E-state index is 11.5. The Hall–Kier alpha value is -0.800. The highest BCUT2D eigenvalue weighted by Gasteiger charge is 2.11. The monoisotopic (exact) mass is 244 g/mol. The SMILES string of the molecule is CCOC(=O)/C(C)=C(/C)c1ccc(Cl)s1. The predicted molar refractivity (Wildman–Crippen MR) is 64.2 cm³/mol. The second-order valence-corrected chi connectivity index (χ2v) is 4.79. The summed E-state index contributed by atoms with van der Waals surface area (Å²) < 4.78 is 5.65. The zero-order valence-corrected chi connectivity index (χ0v) is 10.5. The zero-order valence-electron chi connectivity index (χ0n) is 8.96. The van der Waals surface area contributed by atoms with Gasteiger partial charge in [-0.05, 0) is 38.5 Å². The molecule has 0 fully saturated rings. The molecule has 0 amide bonds. The van der Waals surface area contributed by atoms with Gasteiger partial charge in [0.25, 0.3) is 0 Å². The highest BCUT2D eigenvalue weighted by molar-refractivity contribution is 7.17. The highest BCUT2D eigenvalue weighted by Crippen LogP contribution is 2.29. The Labute approximate surface area is 98.5 Å². The summed E-state index contributed by atoms with van der Waals surface area (Å²) in [7, 11) is 0. The van der Waals surface area contributed by atoms with Crippen molar-refractivity contribution in [1.29, 1.82) is 0 Å². The Bertz CT molecular complexity index is 393. The molecule has 0 unspecified atom stereocenters. The van der Waals surface area contributed by atoms with Gasteiger partial charge in [0.05, 0.1) is 10.9 Å². The summed E-state index contributed by atoms with van der Waals surface area (Å²) in [6, 6.07) is 3.73. The lowest BCUT2D eigenvalue weighted by Crippen LogP contribution is -2.06. The quantitative estimate of drug-likeness (QED) is 0.598. The van der Waals surface area contributed by atoms with E-state index in [1.54, 1.807) is 13.8 Å². The van der Waals surface area contributed by atoms with Gasteiger partial charge in [0.1, 0.15) is 0 Å². The van der Waals surface area contributed by atoms with Crippen LogP contribution in [0.5, 0.6) is 0 Å². The van der Waals surface area contributed by atoms with E-state index < -0.39 is 0 Å². The average molecular weight is 245 g/mol. The maximum absolute atomic E-state index is 11.5. The number of ether oxygens (including phenoxy) is 1. The molecule has 0 aliphatic heterocycles. The van der Waals surface area contributed by atoms with Gasteiger partial charge in [-0.1, -0.05) is 11.6 Å². The van der Waals surface area contributed by atoms with E-state index in [4.69, 9.17) is 16.3 Å². The molecule has 0 bridgehead atoms. The second-order valence-electron chi connectivity index (χ2n) is 3.07. The molecule has 0 aliphatic rings. The van der Waals surface area contributed by atoms with Gasteiger partial charge in [-0.15, -0.1) is 11.3 Å². The molecule has 4 heteroatoms. The predicted octanol–water partition coefficient (Wildman–Crippen LogP) is 3.76. The molecule has 1 rings (SSSR count). The second kappa shape index (κ2) is 5.33. The van der Waals surface area contributed by atoms with Crippen LogP contribution in [0.15, 0.2) is 17.7 Å². The Balaban J connectivity index is 2.94. The first kappa shape index (κ1) is 12.3. The first-order chi connectivity index (χ1) is 7.06. The van der Waals surface area contributed by atoms with Crippen LogP contribution in [0.2, 0.25) is 4.34 Å². The lowest BCUT2D eigenvalue weighted by Gasteiger charge is -2.05. The van der Waals surface area contributed by atoms with Gasteiger partial charge in [0.2, 0.25) is 0 Å². The lowest BCUT2D eigenvalue weighted by molar-refractivity contribution is -0.138. The van der Waals surface area contributed by atoms with E-state index in [9.17, 15) is 4.79 Å². The van der Waals surface area contributed by atoms with E-state index in [0.717, 1.165) is 14.8 Å². The Morgan fingerprint density at radius 1 is 1.47 bits per heavy atom. The van der Waals surface area contributed by atoms with Gasteiger partial charge in [-0.3, -0.25) is 0 Å². The first-order valence-electron chi connectivity index (χ1n) is 4.66. The number of allylic oxidation sites excluding steroid dienone is 1. The Kier molecular flexibility index (Phi) is 4.36. The number of esters is 1. The molecule has 1 aromatic rings. The highest BCUT2D eigenvalue weighted by atomic mass is 35.5. The van der Waals surface area contributed by atoms with Gasteiger partial charge >= 0.3 is 5.97 Å². The van der Waals surface area contributed by atoms with E-state index in [1.807, 2.05) is 19.1 Å². The van der Waals surface area contributed by atoms with Crippen molar-refractivity contribution in [2.75, 3.05) is 6.61 Å². The van der Waals surface area contributed by atoms with Gasteiger partial charge in [-0.2, -0.15) is 0 Å². The molecular weight excluding hydrogens is 232 g/mol. The van der Waals surface area contributed by atoms with Crippen LogP contribution in [0.4, 0.5) is 0 Å². The van der Waals surface area contributed by atoms with Crippen molar-refractivity contribution in [3.8, 4) is 0 Å². The van der Waals surface area contributed by atoms with Crippen molar-refractivity contribution in [2.45, 2.75) is 20.8 Å². The van der Waals surface area contributed by atoms with Crippen molar-refractivity contribution in [3.05, 3.63) is 26.9 Å². The average Bonchev–Trinajstić information content (AvgIpc) is 2.63. The number of carbonyl (C=O) groups excluding carboxylic acids is 1. The molecule has 1 aromatic heterocycles. The van der Waals surface area contributed by atoms with Crippen LogP contribution in [0, 0.1) is 0 Å². The van der Waals surface area contributed by atoms with Crippen LogP contribution in [0.1, 0.15) is 25.6 Å². The van der Waals surface area contributed by atoms with Crippen LogP contribution < -0.4 is 0 Å². The van der Waals surface area contributed by atoms with E-state index in [0.29, 0.717) is 12.2 Å². The molecule has 0 N–H and O–H groups in total. The number of hydrogen-bond acceptors (Lipinski definition) is 3. The molecular formula is C11H13ClO2S. The Morgan fingerprint density at radius 2 is 2.13 bits per heavy atom. The van der Waals surface area contributed by atoms with Crippen molar-refractivity contribution < 1.29 is 9.53 Å². The summed E-state index contributed by atoms with van der Waals surface area (Å²) in [6.07, 6.45) is 0. The van der Waals surface area contributed by atoms with Crippen molar-refractivity contribution in [1.82, 2.24) is 0 Å². The van der Waals surface area contributed by atoms with Gasteiger partial charge in [0, 0.05) is 10.5 Å². The van der Waals surface area contributed by atoms with Crippen LogP contribution >= 0.6 is 22.9 Å². The van der Waals surface area contributed by atoms with Crippen molar-refractivity contribution in [2.24, 2.45) is 0 Å². The third-order valence-electron chi connectivity index (χ3n) is 2.09. The van der Waals surface area contributed by atoms with Crippen molar-refractivity contribution >= 4 is 34.5 Å². The topological polar surface area (TPSA) is 26.3 Å². The zero-order chi connectivity index (χ0) is 11.4. The smallest absolute Gasteiger partial charge is 0.334 e. The molecule has 0 saturated carbocycles. The maximum Gasteiger partial charge on any atom is 0.334 e. The summed E-state index contributed by atoms with van der Waals surface area (Å²) in [4.78, 5) is 12.5. The van der Waals surface area contributed by atoms with Gasteiger partial charge in [0.15, 0.2) is 0 Å². The van der Waals surface area contributed by atoms with Crippen molar-refractivity contribution in [3.63, 3.8) is 0 Å². The minimum absolute atomic E-state index is 0.264. The number of thiophene rings is 1. The summed E-state index contributed by atoms with van der Waals surface area (Å²) in [6.45, 7) is 5.85. The molecule has 0 radical (unpaired) electrons. The Morgan fingerprint density at radius 3 is 2.60 bits per heavy atom. The third-order valence-corrected chi connectivity index (χ3v) is 3.44. The fourth-order valence-corrected chi connectivity index (χ4v) is 2.19.